The topological polar surface area (TPSA) is 250 Å². The van der Waals surface area contributed by atoms with Crippen LogP contribution in [0.15, 0.2) is 120 Å². The quantitative estimate of drug-likeness (QED) is 0.0834. The number of nitrogens with two attached hydrogens (primary N) is 1. The molecule has 0 aliphatic carbocycles. The van der Waals surface area contributed by atoms with E-state index in [9.17, 15) is 14.4 Å². The summed E-state index contributed by atoms with van der Waals surface area (Å²) in [6.07, 6.45) is 8.66. The van der Waals surface area contributed by atoms with Gasteiger partial charge in [-0.2, -0.15) is 0 Å². The summed E-state index contributed by atoms with van der Waals surface area (Å²) in [7, 11) is 1.00. The van der Waals surface area contributed by atoms with Gasteiger partial charge in [0.05, 0.1) is 68.1 Å². The minimum Gasteiger partial charge on any atom is -0.444 e. The number of aliphatic hydroxyl groups excluding tert-OH is 1. The molecule has 0 bridgehead atoms. The third-order valence-electron chi connectivity index (χ3n) is 14.3. The first-order valence-electron chi connectivity index (χ1n) is 27.5. The summed E-state index contributed by atoms with van der Waals surface area (Å²) in [5, 5.41) is 15.8. The summed E-state index contributed by atoms with van der Waals surface area (Å²) < 4.78 is 16.3. The van der Waals surface area contributed by atoms with Gasteiger partial charge in [0.2, 0.25) is 11.8 Å². The van der Waals surface area contributed by atoms with Crippen molar-refractivity contribution in [3.63, 3.8) is 0 Å². The summed E-state index contributed by atoms with van der Waals surface area (Å²) in [4.78, 5) is 74.2. The van der Waals surface area contributed by atoms with Gasteiger partial charge in [-0.05, 0) is 104 Å². The molecule has 10 heterocycles. The van der Waals surface area contributed by atoms with Gasteiger partial charge in [0.15, 0.2) is 11.6 Å². The van der Waals surface area contributed by atoms with E-state index in [0.29, 0.717) is 45.2 Å². The number of alkyl carbamates (subject to hydrolysis) is 1. The Morgan fingerprint density at radius 2 is 1.01 bits per heavy atom. The van der Waals surface area contributed by atoms with Crippen molar-refractivity contribution in [3.05, 3.63) is 143 Å². The molecular weight excluding hydrogens is 1040 g/mol. The number of anilines is 6. The lowest BCUT2D eigenvalue weighted by Crippen LogP contribution is -2.60. The Bertz CT molecular complexity index is 3250. The van der Waals surface area contributed by atoms with Gasteiger partial charge in [-0.25, -0.2) is 24.7 Å². The van der Waals surface area contributed by atoms with Gasteiger partial charge in [-0.3, -0.25) is 19.6 Å². The minimum absolute atomic E-state index is 0. The predicted molar refractivity (Wildman–Crippen MR) is 321 cm³/mol. The smallest absolute Gasteiger partial charge is 0.407 e. The molecule has 6 N–H and O–H groups in total. The Kier molecular flexibility index (Phi) is 18.8. The number of ether oxygens (including phenoxy) is 3. The lowest BCUT2D eigenvalue weighted by atomic mass is 10.0. The van der Waals surface area contributed by atoms with Crippen LogP contribution >= 0.6 is 0 Å². The summed E-state index contributed by atoms with van der Waals surface area (Å²) in [5.41, 5.74) is 18.6. The average Bonchev–Trinajstić information content (AvgIpc) is 4.21. The molecule has 82 heavy (non-hydrogen) atoms. The highest BCUT2D eigenvalue weighted by atomic mass is 16.6. The first-order valence-corrected chi connectivity index (χ1v) is 27.5. The minimum atomic E-state index is -0.529. The number of hydrogen-bond donors (Lipinski definition) is 5. The molecule has 0 unspecified atom stereocenters. The molecule has 0 atom stereocenters. The van der Waals surface area contributed by atoms with E-state index in [4.69, 9.17) is 35.0 Å². The lowest BCUT2D eigenvalue weighted by molar-refractivity contribution is -0.116. The van der Waals surface area contributed by atoms with E-state index in [1.54, 1.807) is 12.4 Å². The van der Waals surface area contributed by atoms with E-state index in [-0.39, 0.29) is 44.2 Å². The van der Waals surface area contributed by atoms with Gasteiger partial charge in [0.25, 0.3) is 0 Å². The first-order chi connectivity index (χ1) is 39.3. The van der Waals surface area contributed by atoms with Gasteiger partial charge in [-0.15, -0.1) is 0 Å². The fraction of sp³-hybridized carbons (Fsp3) is 0.393. The number of aliphatic imine (C=N–C) groups is 2. The number of hydrogen-bond acceptors (Lipinski definition) is 18. The van der Waals surface area contributed by atoms with E-state index in [0.717, 1.165) is 133 Å². The standard InChI is InChI=1S/C32H37N7O4.C27H29N7O2.CH4O.CH4/c1-32(2,3)43-31(41)36-25-19-39(20-25)26-9-11-33-24(17-26)18-28(40)35-23-6-4-21(5-7-23)27-16-22-8-10-34-30(29(22)37-27)38-12-14-42-15-13-38;28-20-16-34(17-20)23-6-8-29-22(14-23)15-25(35)31-21-3-1-18(2-4-21)24-13-19-5-7-30-27(26(19)32-24)33-9-11-36-12-10-33;1-2;/h4-11,17,25H,12-16,18-20H2,1-3H3,(H,35,40)(H,36,41);1-8,14,20H,9-13,15-17,28H2,(H,31,35);2H,1H3;1H4. The van der Waals surface area contributed by atoms with Crippen LogP contribution in [-0.4, -0.2) is 158 Å². The van der Waals surface area contributed by atoms with Crippen molar-refractivity contribution in [2.45, 2.75) is 71.6 Å². The largest absolute Gasteiger partial charge is 0.444 e. The molecule has 3 amide bonds. The number of benzene rings is 2. The van der Waals surface area contributed by atoms with Crippen molar-refractivity contribution < 1.29 is 33.7 Å². The van der Waals surface area contributed by atoms with E-state index >= 15 is 0 Å². The van der Waals surface area contributed by atoms with Crippen molar-refractivity contribution in [1.82, 2.24) is 25.3 Å². The van der Waals surface area contributed by atoms with Crippen LogP contribution in [-0.2, 0) is 49.5 Å². The zero-order valence-electron chi connectivity index (χ0n) is 46.3. The van der Waals surface area contributed by atoms with E-state index < -0.39 is 11.7 Å². The van der Waals surface area contributed by atoms with Crippen molar-refractivity contribution in [2.75, 3.05) is 116 Å². The number of rotatable bonds is 13. The van der Waals surface area contributed by atoms with Crippen LogP contribution in [0.25, 0.3) is 0 Å². The fourth-order valence-electron chi connectivity index (χ4n) is 10.3. The molecule has 4 saturated heterocycles. The van der Waals surface area contributed by atoms with Crippen LogP contribution in [0.5, 0.6) is 0 Å². The van der Waals surface area contributed by atoms with Crippen molar-refractivity contribution in [2.24, 2.45) is 15.7 Å². The second-order valence-electron chi connectivity index (χ2n) is 21.5. The van der Waals surface area contributed by atoms with Gasteiger partial charge in [0.1, 0.15) is 17.0 Å². The number of amides is 3. The summed E-state index contributed by atoms with van der Waals surface area (Å²) in [6, 6.07) is 27.7. The maximum atomic E-state index is 12.8. The number of carbonyl (C=O) groups is 3. The highest BCUT2D eigenvalue weighted by Gasteiger charge is 2.31. The Hall–Kier alpha value is -8.37. The summed E-state index contributed by atoms with van der Waals surface area (Å²) in [6.45, 7) is 14.6. The number of fused-ring (bicyclic) bond motifs is 2. The van der Waals surface area contributed by atoms with Crippen molar-refractivity contribution in [1.29, 1.82) is 0 Å². The SMILES string of the molecule is C.CC(C)(C)OC(=O)NC1CN(c2ccnc(CC(=O)Nc3ccc(C4=Nc5c(ccnc5N5CCOCC5)C4)cc3)c2)C1.CO.NC1CN(c2ccnc(CC(=O)Nc3ccc(C4=Nc5c(ccnc5N5CCOCC5)C4)cc3)c2)C1. The van der Waals surface area contributed by atoms with Crippen LogP contribution in [0.4, 0.5) is 50.6 Å². The molecular formula is C61H74N14O7. The molecule has 0 saturated carbocycles. The Labute approximate surface area is 479 Å². The van der Waals surface area contributed by atoms with E-state index in [1.165, 1.54) is 11.1 Å². The average molecular weight is 1120 g/mol. The van der Waals surface area contributed by atoms with Gasteiger partial charge >= 0.3 is 6.09 Å². The van der Waals surface area contributed by atoms with Crippen LogP contribution in [0, 0.1) is 0 Å². The Morgan fingerprint density at radius 3 is 1.43 bits per heavy atom. The molecule has 6 aliphatic heterocycles. The predicted octanol–water partition coefficient (Wildman–Crippen LogP) is 6.45. The maximum Gasteiger partial charge on any atom is 0.407 e. The maximum absolute atomic E-state index is 12.8. The molecule has 0 spiro atoms. The van der Waals surface area contributed by atoms with Crippen LogP contribution < -0.4 is 41.3 Å². The Balaban J connectivity index is 0.000000192. The highest BCUT2D eigenvalue weighted by molar-refractivity contribution is 6.09. The summed E-state index contributed by atoms with van der Waals surface area (Å²) in [5.74, 6) is 1.62. The van der Waals surface area contributed by atoms with E-state index in [1.807, 2.05) is 118 Å². The Morgan fingerprint density at radius 1 is 0.598 bits per heavy atom. The molecule has 0 radical (unpaired) electrons. The van der Waals surface area contributed by atoms with E-state index in [2.05, 4.69) is 55.5 Å². The monoisotopic (exact) mass is 1110 g/mol. The van der Waals surface area contributed by atoms with Crippen LogP contribution in [0.1, 0.15) is 61.8 Å². The van der Waals surface area contributed by atoms with Crippen molar-refractivity contribution in [3.8, 4) is 0 Å². The lowest BCUT2D eigenvalue weighted by Gasteiger charge is -2.41. The van der Waals surface area contributed by atoms with Gasteiger partial charge < -0.3 is 60.6 Å². The third kappa shape index (κ3) is 14.6. The van der Waals surface area contributed by atoms with Crippen molar-refractivity contribution >= 4 is 75.1 Å². The molecule has 12 rings (SSSR count). The first kappa shape index (κ1) is 58.3. The summed E-state index contributed by atoms with van der Waals surface area (Å²) >= 11 is 0. The molecule has 4 aromatic heterocycles. The zero-order chi connectivity index (χ0) is 56.5. The van der Waals surface area contributed by atoms with Gasteiger partial charge in [0, 0.05) is 126 Å². The second kappa shape index (κ2) is 26.5. The molecule has 2 aromatic carbocycles. The molecule has 430 valence electrons. The molecule has 4 fully saturated rings. The molecule has 21 nitrogen and oxygen atoms in total. The number of nitrogens with zero attached hydrogens (tertiary/aromatic N) is 10. The normalized spacial score (nSPS) is 16.5. The third-order valence-corrected chi connectivity index (χ3v) is 14.3. The zero-order valence-corrected chi connectivity index (χ0v) is 46.3. The number of pyridine rings is 4. The number of nitrogens with one attached hydrogen (secondary N) is 3. The molecule has 21 heteroatoms. The fourth-order valence-corrected chi connectivity index (χ4v) is 10.3. The number of aliphatic hydroxyl groups is 1. The number of carbonyl (C=O) groups excluding carboxylic acids is 3. The second-order valence-corrected chi connectivity index (χ2v) is 21.5. The molecule has 6 aromatic rings. The van der Waals surface area contributed by atoms with Gasteiger partial charge in [-0.1, -0.05) is 31.7 Å². The number of morpholine rings is 2. The van der Waals surface area contributed by atoms with Crippen LogP contribution in [0.3, 0.4) is 0 Å². The highest BCUT2D eigenvalue weighted by Crippen LogP contribution is 2.38. The van der Waals surface area contributed by atoms with Crippen LogP contribution in [0.2, 0.25) is 0 Å². The molecule has 6 aliphatic rings. The number of aromatic nitrogens is 4.